The normalized spacial score (nSPS) is 28.8. The monoisotopic (exact) mass is 682 g/mol. The first-order valence-electron chi connectivity index (χ1n) is 17.6. The van der Waals surface area contributed by atoms with Gasteiger partial charge in [0.05, 0.1) is 49.1 Å². The average molecular weight is 683 g/mol. The summed E-state index contributed by atoms with van der Waals surface area (Å²) >= 11 is 1.67. The maximum atomic E-state index is 15.0. The molecule has 4 aliphatic rings. The van der Waals surface area contributed by atoms with Crippen molar-refractivity contribution in [3.8, 4) is 5.75 Å². The second-order valence-electron chi connectivity index (χ2n) is 14.0. The Hall–Kier alpha value is -2.86. The summed E-state index contributed by atoms with van der Waals surface area (Å²) in [6.45, 7) is 21.1. The van der Waals surface area contributed by atoms with Gasteiger partial charge in [-0.05, 0) is 55.9 Å². The van der Waals surface area contributed by atoms with E-state index in [9.17, 15) is 19.5 Å². The number of amides is 3. The number of carbonyl (C=O) groups excluding carboxylic acids is 3. The van der Waals surface area contributed by atoms with Crippen LogP contribution in [0.15, 0.2) is 49.6 Å². The van der Waals surface area contributed by atoms with Gasteiger partial charge in [-0.3, -0.25) is 19.3 Å². The van der Waals surface area contributed by atoms with Crippen molar-refractivity contribution in [1.29, 1.82) is 0 Å². The number of aliphatic hydroxyl groups excluding tert-OH is 1. The van der Waals surface area contributed by atoms with Crippen LogP contribution >= 0.6 is 11.8 Å². The first kappa shape index (κ1) is 36.4. The molecule has 1 N–H and O–H groups in total. The number of morpholine rings is 1. The fourth-order valence-electron chi connectivity index (χ4n) is 8.46. The number of fused-ring (bicyclic) bond motifs is 1. The Balaban J connectivity index is 1.53. The van der Waals surface area contributed by atoms with E-state index in [0.717, 1.165) is 25.3 Å². The molecule has 1 spiro atoms. The van der Waals surface area contributed by atoms with Gasteiger partial charge in [0.2, 0.25) is 17.7 Å². The van der Waals surface area contributed by atoms with E-state index in [1.165, 1.54) is 0 Å². The van der Waals surface area contributed by atoms with Gasteiger partial charge in [0.1, 0.15) is 11.8 Å². The third kappa shape index (κ3) is 6.80. The minimum Gasteiger partial charge on any atom is -0.494 e. The first-order valence-corrected chi connectivity index (χ1v) is 18.5. The number of rotatable bonds is 16. The number of carbonyl (C=O) groups is 3. The summed E-state index contributed by atoms with van der Waals surface area (Å²) in [6, 6.07) is 6.10. The second-order valence-corrected chi connectivity index (χ2v) is 15.5. The maximum absolute atomic E-state index is 15.0. The van der Waals surface area contributed by atoms with Gasteiger partial charge in [-0.1, -0.05) is 32.9 Å². The molecule has 0 aromatic heterocycles. The molecule has 5 rings (SSSR count). The molecule has 0 aliphatic carbocycles. The molecule has 0 saturated carbocycles. The summed E-state index contributed by atoms with van der Waals surface area (Å²) in [6.07, 6.45) is 4.73. The van der Waals surface area contributed by atoms with Gasteiger partial charge < -0.3 is 29.3 Å². The van der Waals surface area contributed by atoms with E-state index in [0.29, 0.717) is 51.6 Å². The zero-order valence-corrected chi connectivity index (χ0v) is 29.9. The summed E-state index contributed by atoms with van der Waals surface area (Å²) < 4.78 is 10.4. The van der Waals surface area contributed by atoms with Crippen molar-refractivity contribution in [2.24, 2.45) is 23.7 Å². The lowest BCUT2D eigenvalue weighted by Crippen LogP contribution is -2.60. The lowest BCUT2D eigenvalue weighted by molar-refractivity contribution is -0.146. The van der Waals surface area contributed by atoms with Crippen molar-refractivity contribution in [2.75, 3.05) is 70.6 Å². The number of ether oxygens (including phenoxy) is 2. The van der Waals surface area contributed by atoms with E-state index in [1.807, 2.05) is 36.1 Å². The Bertz CT molecular complexity index is 1320. The molecule has 0 radical (unpaired) electrons. The Morgan fingerprint density at radius 3 is 2.44 bits per heavy atom. The molecule has 48 heavy (non-hydrogen) atoms. The summed E-state index contributed by atoms with van der Waals surface area (Å²) in [7, 11) is 0. The van der Waals surface area contributed by atoms with E-state index < -0.39 is 28.7 Å². The highest BCUT2D eigenvalue weighted by Gasteiger charge is 2.77. The average Bonchev–Trinajstić information content (AvgIpc) is 3.68. The van der Waals surface area contributed by atoms with E-state index in [2.05, 4.69) is 38.8 Å². The molecular weight excluding hydrogens is 628 g/mol. The lowest BCUT2D eigenvalue weighted by atomic mass is 9.65. The number of hydrogen-bond donors (Lipinski definition) is 1. The van der Waals surface area contributed by atoms with Crippen LogP contribution in [0.5, 0.6) is 5.75 Å². The zero-order valence-electron chi connectivity index (χ0n) is 29.1. The van der Waals surface area contributed by atoms with E-state index in [-0.39, 0.29) is 48.0 Å². The van der Waals surface area contributed by atoms with Crippen LogP contribution in [0.25, 0.3) is 0 Å². The number of likely N-dealkylation sites (tertiary alicyclic amines) is 1. The van der Waals surface area contributed by atoms with Crippen LogP contribution in [0, 0.1) is 23.7 Å². The number of nitrogens with zero attached hydrogens (tertiary/aromatic N) is 4. The molecule has 4 saturated heterocycles. The molecular formula is C37H54N4O6S. The summed E-state index contributed by atoms with van der Waals surface area (Å²) in [5, 5.41) is 10.6. The molecule has 4 aliphatic heterocycles. The van der Waals surface area contributed by atoms with Crippen LogP contribution in [0.2, 0.25) is 0 Å². The molecule has 4 heterocycles. The minimum absolute atomic E-state index is 0.0194. The van der Waals surface area contributed by atoms with Gasteiger partial charge in [-0.25, -0.2) is 0 Å². The molecule has 1 aromatic carbocycles. The number of aliphatic hydroxyl groups is 1. The van der Waals surface area contributed by atoms with Gasteiger partial charge in [0.15, 0.2) is 0 Å². The molecule has 10 nitrogen and oxygen atoms in total. The highest BCUT2D eigenvalue weighted by molar-refractivity contribution is 8.02. The SMILES string of the molecule is C=CCN(CCN1CCOCC1)C(=O)C1N([C@@H](CO)CC(C)C)C(=O)[C@@H]2[C@@H](C(=O)N(CC=C)c3ccc(OCC)cc3)[C@H]3CC(C)C12S3. The Morgan fingerprint density at radius 2 is 1.83 bits per heavy atom. The van der Waals surface area contributed by atoms with Crippen LogP contribution in [0.3, 0.4) is 0 Å². The molecule has 11 heteroatoms. The van der Waals surface area contributed by atoms with Gasteiger partial charge in [-0.15, -0.1) is 24.9 Å². The van der Waals surface area contributed by atoms with Crippen LogP contribution in [-0.4, -0.2) is 125 Å². The Kier molecular flexibility index (Phi) is 12.0. The topological polar surface area (TPSA) is 103 Å². The highest BCUT2D eigenvalue weighted by Crippen LogP contribution is 2.69. The molecule has 3 amide bonds. The number of benzene rings is 1. The van der Waals surface area contributed by atoms with E-state index >= 15 is 0 Å². The van der Waals surface area contributed by atoms with Crippen molar-refractivity contribution in [1.82, 2.24) is 14.7 Å². The van der Waals surface area contributed by atoms with Crippen molar-refractivity contribution in [3.05, 3.63) is 49.6 Å². The number of hydrogen-bond acceptors (Lipinski definition) is 8. The molecule has 4 fully saturated rings. The summed E-state index contributed by atoms with van der Waals surface area (Å²) in [4.78, 5) is 52.2. The van der Waals surface area contributed by atoms with Gasteiger partial charge in [0.25, 0.3) is 0 Å². The first-order chi connectivity index (χ1) is 23.1. The largest absolute Gasteiger partial charge is 0.494 e. The van der Waals surface area contributed by atoms with Crippen molar-refractivity contribution in [3.63, 3.8) is 0 Å². The summed E-state index contributed by atoms with van der Waals surface area (Å²) in [5.74, 6) is -0.799. The van der Waals surface area contributed by atoms with Crippen LogP contribution < -0.4 is 9.64 Å². The van der Waals surface area contributed by atoms with E-state index in [1.54, 1.807) is 33.7 Å². The predicted molar refractivity (Wildman–Crippen MR) is 190 cm³/mol. The quantitative estimate of drug-likeness (QED) is 0.264. The smallest absolute Gasteiger partial charge is 0.247 e. The lowest BCUT2D eigenvalue weighted by Gasteiger charge is -2.42. The minimum atomic E-state index is -0.795. The summed E-state index contributed by atoms with van der Waals surface area (Å²) in [5.41, 5.74) is 0.710. The molecule has 2 bridgehead atoms. The van der Waals surface area contributed by atoms with Crippen LogP contribution in [0.1, 0.15) is 40.5 Å². The van der Waals surface area contributed by atoms with Crippen LogP contribution in [-0.2, 0) is 19.1 Å². The van der Waals surface area contributed by atoms with E-state index in [4.69, 9.17) is 9.47 Å². The fourth-order valence-corrected chi connectivity index (χ4v) is 10.9. The van der Waals surface area contributed by atoms with Crippen LogP contribution in [0.4, 0.5) is 5.69 Å². The Labute approximate surface area is 290 Å². The standard InChI is InChI=1S/C37H54N4O6S/c1-7-14-39(17-16-38-18-20-46-21-19-38)36(45)33-37-26(6)23-30(48-37)31(32(37)35(44)41(33)28(24-42)22-25(4)5)34(43)40(15-8-2)27-10-12-29(13-11-27)47-9-3/h7-8,10-13,25-26,28,30-33,42H,1-2,9,14-24H2,3-6H3/t26?,28-,30-,31+,32+,33?,37?/m1/s1. The van der Waals surface area contributed by atoms with Gasteiger partial charge in [0, 0.05) is 50.2 Å². The maximum Gasteiger partial charge on any atom is 0.247 e. The van der Waals surface area contributed by atoms with Crippen molar-refractivity contribution < 1.29 is 29.0 Å². The Morgan fingerprint density at radius 1 is 1.15 bits per heavy atom. The number of anilines is 1. The number of thioether (sulfide) groups is 1. The molecule has 7 atom stereocenters. The fraction of sp³-hybridized carbons (Fsp3) is 0.649. The third-order valence-electron chi connectivity index (χ3n) is 10.5. The predicted octanol–water partition coefficient (Wildman–Crippen LogP) is 3.70. The second kappa shape index (κ2) is 15.8. The van der Waals surface area contributed by atoms with Gasteiger partial charge in [-0.2, -0.15) is 0 Å². The van der Waals surface area contributed by atoms with Crippen molar-refractivity contribution >= 4 is 35.2 Å². The molecule has 3 unspecified atom stereocenters. The zero-order chi connectivity index (χ0) is 34.6. The van der Waals surface area contributed by atoms with Crippen molar-refractivity contribution in [2.45, 2.75) is 62.6 Å². The highest BCUT2D eigenvalue weighted by atomic mass is 32.2. The van der Waals surface area contributed by atoms with Gasteiger partial charge >= 0.3 is 0 Å². The molecule has 1 aromatic rings. The third-order valence-corrected chi connectivity index (χ3v) is 12.6. The molecule has 264 valence electrons.